The molecule has 0 radical (unpaired) electrons. The summed E-state index contributed by atoms with van der Waals surface area (Å²) in [6.07, 6.45) is 2.39. The lowest BCUT2D eigenvalue weighted by molar-refractivity contribution is 0.0948. The molecular formula is C17H22N4O2. The lowest BCUT2D eigenvalue weighted by Gasteiger charge is -2.11. The molecule has 0 spiro atoms. The number of hydrogen-bond acceptors (Lipinski definition) is 5. The first-order chi connectivity index (χ1) is 11.1. The number of nitrogens with one attached hydrogen (secondary N) is 2. The van der Waals surface area contributed by atoms with Crippen LogP contribution in [0.15, 0.2) is 36.7 Å². The highest BCUT2D eigenvalue weighted by Gasteiger charge is 2.08. The summed E-state index contributed by atoms with van der Waals surface area (Å²) in [5.74, 6) is 1.19. The second-order valence-corrected chi connectivity index (χ2v) is 5.36. The Labute approximate surface area is 136 Å². The fraction of sp³-hybridized carbons (Fsp3) is 0.353. The van der Waals surface area contributed by atoms with Crippen LogP contribution in [0.3, 0.4) is 0 Å². The Balaban J connectivity index is 2.03. The highest BCUT2D eigenvalue weighted by molar-refractivity contribution is 5.92. The molecule has 0 saturated heterocycles. The van der Waals surface area contributed by atoms with Crippen LogP contribution in [0.25, 0.3) is 0 Å². The molecule has 0 atom stereocenters. The largest absolute Gasteiger partial charge is 0.491 e. The molecule has 0 unspecified atom stereocenters. The maximum absolute atomic E-state index is 11.9. The van der Waals surface area contributed by atoms with E-state index in [1.165, 1.54) is 6.33 Å². The van der Waals surface area contributed by atoms with Gasteiger partial charge in [-0.1, -0.05) is 6.92 Å². The summed E-state index contributed by atoms with van der Waals surface area (Å²) in [6.45, 7) is 6.60. The number of ether oxygens (including phenoxy) is 1. The average molecular weight is 314 g/mol. The Morgan fingerprint density at radius 2 is 1.96 bits per heavy atom. The molecule has 1 heterocycles. The number of benzene rings is 1. The van der Waals surface area contributed by atoms with Gasteiger partial charge in [0.1, 0.15) is 23.6 Å². The third kappa shape index (κ3) is 5.25. The van der Waals surface area contributed by atoms with Gasteiger partial charge in [-0.05, 0) is 44.5 Å². The maximum Gasteiger partial charge on any atom is 0.270 e. The van der Waals surface area contributed by atoms with Gasteiger partial charge in [0.2, 0.25) is 0 Å². The summed E-state index contributed by atoms with van der Waals surface area (Å²) in [5, 5.41) is 5.94. The molecule has 0 fully saturated rings. The lowest BCUT2D eigenvalue weighted by atomic mass is 10.3. The number of rotatable bonds is 7. The first-order valence-corrected chi connectivity index (χ1v) is 7.72. The number of nitrogens with zero attached hydrogens (tertiary/aromatic N) is 2. The molecule has 122 valence electrons. The van der Waals surface area contributed by atoms with Crippen molar-refractivity contribution < 1.29 is 9.53 Å². The molecule has 0 aliphatic carbocycles. The van der Waals surface area contributed by atoms with Crippen LogP contribution in [0.1, 0.15) is 37.7 Å². The van der Waals surface area contributed by atoms with E-state index in [0.717, 1.165) is 17.9 Å². The van der Waals surface area contributed by atoms with Gasteiger partial charge in [0, 0.05) is 18.3 Å². The molecule has 6 nitrogen and oxygen atoms in total. The van der Waals surface area contributed by atoms with Crippen LogP contribution in [0.2, 0.25) is 0 Å². The normalized spacial score (nSPS) is 10.4. The SMILES string of the molecule is CCCNC(=O)c1cc(Nc2ccc(OC(C)C)cc2)ncn1. The van der Waals surface area contributed by atoms with E-state index in [1.54, 1.807) is 6.07 Å². The maximum atomic E-state index is 11.9. The smallest absolute Gasteiger partial charge is 0.270 e. The van der Waals surface area contributed by atoms with Crippen molar-refractivity contribution in [3.05, 3.63) is 42.4 Å². The highest BCUT2D eigenvalue weighted by Crippen LogP contribution is 2.19. The van der Waals surface area contributed by atoms with Gasteiger partial charge in [-0.15, -0.1) is 0 Å². The summed E-state index contributed by atoms with van der Waals surface area (Å²) >= 11 is 0. The molecule has 1 amide bonds. The predicted octanol–water partition coefficient (Wildman–Crippen LogP) is 3.15. The second-order valence-electron chi connectivity index (χ2n) is 5.36. The number of carbonyl (C=O) groups is 1. The topological polar surface area (TPSA) is 76.1 Å². The number of aromatic nitrogens is 2. The standard InChI is InChI=1S/C17H22N4O2/c1-4-9-18-17(22)15-10-16(20-11-19-15)21-13-5-7-14(8-6-13)23-12(2)3/h5-8,10-12H,4,9H2,1-3H3,(H,18,22)(H,19,20,21). The highest BCUT2D eigenvalue weighted by atomic mass is 16.5. The van der Waals surface area contributed by atoms with Crippen LogP contribution in [0.4, 0.5) is 11.5 Å². The Hall–Kier alpha value is -2.63. The van der Waals surface area contributed by atoms with Gasteiger partial charge in [0.25, 0.3) is 5.91 Å². The van der Waals surface area contributed by atoms with Crippen molar-refractivity contribution >= 4 is 17.4 Å². The molecule has 0 aliphatic heterocycles. The fourth-order valence-corrected chi connectivity index (χ4v) is 1.92. The van der Waals surface area contributed by atoms with E-state index in [4.69, 9.17) is 4.74 Å². The lowest BCUT2D eigenvalue weighted by Crippen LogP contribution is -2.25. The van der Waals surface area contributed by atoms with Gasteiger partial charge in [-0.25, -0.2) is 9.97 Å². The molecule has 2 rings (SSSR count). The van der Waals surface area contributed by atoms with Gasteiger partial charge in [0.05, 0.1) is 6.10 Å². The van der Waals surface area contributed by atoms with Crippen LogP contribution in [0.5, 0.6) is 5.75 Å². The van der Waals surface area contributed by atoms with Crippen LogP contribution >= 0.6 is 0 Å². The zero-order valence-electron chi connectivity index (χ0n) is 13.7. The van der Waals surface area contributed by atoms with Gasteiger partial charge in [0.15, 0.2) is 0 Å². The Kier molecular flexibility index (Phi) is 5.91. The Bertz CT molecular complexity index is 641. The molecule has 2 aromatic rings. The van der Waals surface area contributed by atoms with Crippen LogP contribution < -0.4 is 15.4 Å². The number of carbonyl (C=O) groups excluding carboxylic acids is 1. The van der Waals surface area contributed by atoms with E-state index < -0.39 is 0 Å². The monoisotopic (exact) mass is 314 g/mol. The second kappa shape index (κ2) is 8.12. The zero-order valence-corrected chi connectivity index (χ0v) is 13.7. The zero-order chi connectivity index (χ0) is 16.7. The Morgan fingerprint density at radius 1 is 1.22 bits per heavy atom. The number of hydrogen-bond donors (Lipinski definition) is 2. The fourth-order valence-electron chi connectivity index (χ4n) is 1.92. The van der Waals surface area contributed by atoms with E-state index in [0.29, 0.717) is 18.1 Å². The number of amides is 1. The predicted molar refractivity (Wildman–Crippen MR) is 90.1 cm³/mol. The first kappa shape index (κ1) is 16.7. The van der Waals surface area contributed by atoms with E-state index >= 15 is 0 Å². The molecule has 1 aromatic carbocycles. The van der Waals surface area contributed by atoms with E-state index in [9.17, 15) is 4.79 Å². The molecule has 1 aromatic heterocycles. The van der Waals surface area contributed by atoms with Crippen molar-refractivity contribution in [3.8, 4) is 5.75 Å². The summed E-state index contributed by atoms with van der Waals surface area (Å²) in [5.41, 5.74) is 1.20. The van der Waals surface area contributed by atoms with E-state index in [1.807, 2.05) is 45.0 Å². The molecule has 0 saturated carbocycles. The van der Waals surface area contributed by atoms with Gasteiger partial charge in [-0.2, -0.15) is 0 Å². The first-order valence-electron chi connectivity index (χ1n) is 7.72. The summed E-state index contributed by atoms with van der Waals surface area (Å²) < 4.78 is 5.60. The molecule has 0 aliphatic rings. The number of anilines is 2. The third-order valence-electron chi connectivity index (χ3n) is 2.93. The van der Waals surface area contributed by atoms with Crippen molar-refractivity contribution in [2.45, 2.75) is 33.3 Å². The Morgan fingerprint density at radius 3 is 2.61 bits per heavy atom. The molecular weight excluding hydrogens is 292 g/mol. The minimum absolute atomic E-state index is 0.139. The minimum atomic E-state index is -0.196. The van der Waals surface area contributed by atoms with Crippen LogP contribution in [0, 0.1) is 0 Å². The van der Waals surface area contributed by atoms with Crippen molar-refractivity contribution in [2.24, 2.45) is 0 Å². The van der Waals surface area contributed by atoms with Gasteiger partial charge < -0.3 is 15.4 Å². The van der Waals surface area contributed by atoms with E-state index in [2.05, 4.69) is 20.6 Å². The molecule has 6 heteroatoms. The van der Waals surface area contributed by atoms with Crippen molar-refractivity contribution in [2.75, 3.05) is 11.9 Å². The van der Waals surface area contributed by atoms with Crippen LogP contribution in [-0.2, 0) is 0 Å². The quantitative estimate of drug-likeness (QED) is 0.821. The van der Waals surface area contributed by atoms with Crippen molar-refractivity contribution in [1.29, 1.82) is 0 Å². The van der Waals surface area contributed by atoms with Gasteiger partial charge in [-0.3, -0.25) is 4.79 Å². The summed E-state index contributed by atoms with van der Waals surface area (Å²) in [6, 6.07) is 9.20. The van der Waals surface area contributed by atoms with Crippen molar-refractivity contribution in [1.82, 2.24) is 15.3 Å². The molecule has 23 heavy (non-hydrogen) atoms. The van der Waals surface area contributed by atoms with Crippen molar-refractivity contribution in [3.63, 3.8) is 0 Å². The molecule has 0 bridgehead atoms. The van der Waals surface area contributed by atoms with Crippen LogP contribution in [-0.4, -0.2) is 28.5 Å². The molecule has 2 N–H and O–H groups in total. The minimum Gasteiger partial charge on any atom is -0.491 e. The van der Waals surface area contributed by atoms with Gasteiger partial charge >= 0.3 is 0 Å². The summed E-state index contributed by atoms with van der Waals surface area (Å²) in [4.78, 5) is 20.0. The summed E-state index contributed by atoms with van der Waals surface area (Å²) in [7, 11) is 0. The third-order valence-corrected chi connectivity index (χ3v) is 2.93. The van der Waals surface area contributed by atoms with E-state index in [-0.39, 0.29) is 12.0 Å². The average Bonchev–Trinajstić information content (AvgIpc) is 2.54.